The zero-order chi connectivity index (χ0) is 19.5. The van der Waals surface area contributed by atoms with Crippen molar-refractivity contribution in [3.05, 3.63) is 74.6 Å². The molecule has 3 heterocycles. The van der Waals surface area contributed by atoms with Gasteiger partial charge in [-0.15, -0.1) is 22.7 Å². The van der Waals surface area contributed by atoms with Crippen LogP contribution >= 0.6 is 22.7 Å². The summed E-state index contributed by atoms with van der Waals surface area (Å²) in [5.41, 5.74) is 1.54. The van der Waals surface area contributed by atoms with E-state index in [9.17, 15) is 9.59 Å². The Bertz CT molecular complexity index is 993. The zero-order valence-corrected chi connectivity index (χ0v) is 16.8. The minimum absolute atomic E-state index is 0.00562. The number of Topliss-reactive ketones (excluding diaryl/α,β-unsaturated/α-hetero) is 1. The van der Waals surface area contributed by atoms with Gasteiger partial charge in [0, 0.05) is 16.9 Å². The predicted molar refractivity (Wildman–Crippen MR) is 111 cm³/mol. The molecule has 0 N–H and O–H groups in total. The molecule has 5 nitrogen and oxygen atoms in total. The number of hydrogen-bond acceptors (Lipinski definition) is 6. The summed E-state index contributed by atoms with van der Waals surface area (Å²) in [5.74, 6) is 0.349. The van der Waals surface area contributed by atoms with Crippen LogP contribution < -0.4 is 4.74 Å². The first-order chi connectivity index (χ1) is 13.6. The van der Waals surface area contributed by atoms with Crippen LogP contribution in [0.2, 0.25) is 0 Å². The van der Waals surface area contributed by atoms with Gasteiger partial charge in [0.1, 0.15) is 5.75 Å². The molecule has 0 radical (unpaired) electrons. The molecule has 1 aliphatic heterocycles. The van der Waals surface area contributed by atoms with E-state index in [-0.39, 0.29) is 24.3 Å². The van der Waals surface area contributed by atoms with Crippen LogP contribution in [0.4, 0.5) is 0 Å². The average Bonchev–Trinajstić information content (AvgIpc) is 3.46. The van der Waals surface area contributed by atoms with E-state index >= 15 is 0 Å². The summed E-state index contributed by atoms with van der Waals surface area (Å²) in [5, 5.41) is 10.2. The standard InChI is InChI=1S/C21H18N2O3S2/c1-14(24)15-6-8-16(9-7-15)26-13-21(25)23-18(20-5-3-11-28-20)12-17(22-23)19-4-2-10-27-19/h2-11,18H,12-13H2,1H3. The van der Waals surface area contributed by atoms with Crippen molar-refractivity contribution in [2.75, 3.05) is 6.61 Å². The van der Waals surface area contributed by atoms with E-state index in [2.05, 4.69) is 5.10 Å². The molecule has 2 aromatic heterocycles. The van der Waals surface area contributed by atoms with Crippen molar-refractivity contribution in [1.82, 2.24) is 5.01 Å². The highest BCUT2D eigenvalue weighted by atomic mass is 32.1. The molecule has 4 rings (SSSR count). The van der Waals surface area contributed by atoms with Crippen molar-refractivity contribution in [3.63, 3.8) is 0 Å². The maximum Gasteiger partial charge on any atom is 0.281 e. The Hall–Kier alpha value is -2.77. The Morgan fingerprint density at radius 3 is 2.50 bits per heavy atom. The van der Waals surface area contributed by atoms with Crippen LogP contribution in [0.25, 0.3) is 0 Å². The van der Waals surface area contributed by atoms with Crippen LogP contribution in [0, 0.1) is 0 Å². The summed E-state index contributed by atoms with van der Waals surface area (Å²) < 4.78 is 5.64. The Balaban J connectivity index is 1.49. The zero-order valence-electron chi connectivity index (χ0n) is 15.2. The van der Waals surface area contributed by atoms with E-state index in [0.29, 0.717) is 17.7 Å². The third-order valence-corrected chi connectivity index (χ3v) is 6.36. The van der Waals surface area contributed by atoms with E-state index in [1.54, 1.807) is 51.9 Å². The molecule has 3 aromatic rings. The minimum Gasteiger partial charge on any atom is -0.484 e. The molecular weight excluding hydrogens is 392 g/mol. The summed E-state index contributed by atoms with van der Waals surface area (Å²) in [6, 6.07) is 14.7. The maximum absolute atomic E-state index is 12.9. The summed E-state index contributed by atoms with van der Waals surface area (Å²) in [4.78, 5) is 26.4. The highest BCUT2D eigenvalue weighted by Crippen LogP contribution is 2.35. The molecular formula is C21H18N2O3S2. The number of nitrogens with zero attached hydrogens (tertiary/aromatic N) is 2. The smallest absolute Gasteiger partial charge is 0.281 e. The van der Waals surface area contributed by atoms with Crippen LogP contribution in [0.3, 0.4) is 0 Å². The monoisotopic (exact) mass is 410 g/mol. The van der Waals surface area contributed by atoms with Gasteiger partial charge in [-0.2, -0.15) is 5.10 Å². The van der Waals surface area contributed by atoms with Gasteiger partial charge in [0.05, 0.1) is 16.6 Å². The number of benzene rings is 1. The molecule has 0 aliphatic carbocycles. The quantitative estimate of drug-likeness (QED) is 0.550. The number of ketones is 1. The van der Waals surface area contributed by atoms with E-state index in [4.69, 9.17) is 4.74 Å². The van der Waals surface area contributed by atoms with E-state index in [1.807, 2.05) is 35.0 Å². The lowest BCUT2D eigenvalue weighted by molar-refractivity contribution is -0.135. The van der Waals surface area contributed by atoms with Gasteiger partial charge in [0.2, 0.25) is 0 Å². The second-order valence-electron chi connectivity index (χ2n) is 6.37. The fourth-order valence-electron chi connectivity index (χ4n) is 3.03. The van der Waals surface area contributed by atoms with Crippen molar-refractivity contribution in [1.29, 1.82) is 0 Å². The number of rotatable bonds is 6. The van der Waals surface area contributed by atoms with Gasteiger partial charge >= 0.3 is 0 Å². The van der Waals surface area contributed by atoms with E-state index in [1.165, 1.54) is 6.92 Å². The lowest BCUT2D eigenvalue weighted by Crippen LogP contribution is -2.31. The molecule has 1 atom stereocenters. The van der Waals surface area contributed by atoms with Crippen LogP contribution in [0.15, 0.2) is 64.4 Å². The van der Waals surface area contributed by atoms with E-state index < -0.39 is 0 Å². The molecule has 0 saturated carbocycles. The van der Waals surface area contributed by atoms with Crippen molar-refractivity contribution in [2.24, 2.45) is 5.10 Å². The summed E-state index contributed by atoms with van der Waals surface area (Å²) in [7, 11) is 0. The van der Waals surface area contributed by atoms with Crippen molar-refractivity contribution < 1.29 is 14.3 Å². The number of amides is 1. The lowest BCUT2D eigenvalue weighted by Gasteiger charge is -2.20. The predicted octanol–water partition coefficient (Wildman–Crippen LogP) is 4.77. The van der Waals surface area contributed by atoms with Crippen molar-refractivity contribution >= 4 is 40.1 Å². The molecule has 1 aromatic carbocycles. The summed E-state index contributed by atoms with van der Waals surface area (Å²) in [6.07, 6.45) is 0.695. The van der Waals surface area contributed by atoms with Crippen molar-refractivity contribution in [3.8, 4) is 5.75 Å². The van der Waals surface area contributed by atoms with Crippen LogP contribution in [-0.2, 0) is 4.79 Å². The number of carbonyl (C=O) groups excluding carboxylic acids is 2. The highest BCUT2D eigenvalue weighted by Gasteiger charge is 2.34. The maximum atomic E-state index is 12.9. The third kappa shape index (κ3) is 3.90. The Morgan fingerprint density at radius 2 is 1.86 bits per heavy atom. The van der Waals surface area contributed by atoms with Crippen molar-refractivity contribution in [2.45, 2.75) is 19.4 Å². The van der Waals surface area contributed by atoms with Crippen LogP contribution in [-0.4, -0.2) is 29.0 Å². The summed E-state index contributed by atoms with van der Waals surface area (Å²) >= 11 is 3.25. The highest BCUT2D eigenvalue weighted by molar-refractivity contribution is 7.12. The number of hydrogen-bond donors (Lipinski definition) is 0. The minimum atomic E-state index is -0.194. The molecule has 7 heteroatoms. The second-order valence-corrected chi connectivity index (χ2v) is 8.29. The van der Waals surface area contributed by atoms with Crippen LogP contribution in [0.1, 0.15) is 39.5 Å². The fraction of sp³-hybridized carbons (Fsp3) is 0.190. The molecule has 28 heavy (non-hydrogen) atoms. The third-order valence-electron chi connectivity index (χ3n) is 4.47. The van der Waals surface area contributed by atoms with Gasteiger partial charge in [-0.1, -0.05) is 12.1 Å². The lowest BCUT2D eigenvalue weighted by atomic mass is 10.1. The Labute approximate surface area is 170 Å². The molecule has 1 aliphatic rings. The SMILES string of the molecule is CC(=O)c1ccc(OCC(=O)N2N=C(c3cccs3)CC2c2cccs2)cc1. The second kappa shape index (κ2) is 8.08. The van der Waals surface area contributed by atoms with Crippen LogP contribution in [0.5, 0.6) is 5.75 Å². The number of ether oxygens (including phenoxy) is 1. The largest absolute Gasteiger partial charge is 0.484 e. The van der Waals surface area contributed by atoms with Gasteiger partial charge in [0.15, 0.2) is 12.4 Å². The molecule has 0 saturated heterocycles. The summed E-state index contributed by atoms with van der Waals surface area (Å²) in [6.45, 7) is 1.41. The molecule has 1 amide bonds. The average molecular weight is 411 g/mol. The molecule has 0 bridgehead atoms. The molecule has 0 spiro atoms. The fourth-order valence-corrected chi connectivity index (χ4v) is 4.56. The molecule has 142 valence electrons. The molecule has 0 fully saturated rings. The molecule has 1 unspecified atom stereocenters. The first kappa shape index (κ1) is 18.6. The normalized spacial score (nSPS) is 16.1. The van der Waals surface area contributed by atoms with Gasteiger partial charge in [-0.05, 0) is 54.1 Å². The van der Waals surface area contributed by atoms with E-state index in [0.717, 1.165) is 15.5 Å². The Morgan fingerprint density at radius 1 is 1.11 bits per heavy atom. The topological polar surface area (TPSA) is 59.0 Å². The van der Waals surface area contributed by atoms with Gasteiger partial charge in [-0.25, -0.2) is 5.01 Å². The number of carbonyl (C=O) groups is 2. The first-order valence-electron chi connectivity index (χ1n) is 8.82. The number of hydrazone groups is 1. The van der Waals surface area contributed by atoms with Gasteiger partial charge < -0.3 is 4.74 Å². The number of thiophene rings is 2. The Kier molecular flexibility index (Phi) is 5.36. The van der Waals surface area contributed by atoms with Gasteiger partial charge in [-0.3, -0.25) is 9.59 Å². The first-order valence-corrected chi connectivity index (χ1v) is 10.6. The van der Waals surface area contributed by atoms with Gasteiger partial charge in [0.25, 0.3) is 5.91 Å².